The van der Waals surface area contributed by atoms with Crippen molar-refractivity contribution >= 4 is 22.3 Å². The minimum atomic E-state index is -0.331. The fourth-order valence-corrected chi connectivity index (χ4v) is 5.45. The molecule has 136 valence electrons. The maximum absolute atomic E-state index is 12.4. The van der Waals surface area contributed by atoms with Gasteiger partial charge in [0.1, 0.15) is 12.4 Å². The summed E-state index contributed by atoms with van der Waals surface area (Å²) in [7, 11) is 1.71. The number of fused-ring (bicyclic) bond motifs is 5. The van der Waals surface area contributed by atoms with Gasteiger partial charge in [0, 0.05) is 0 Å². The normalized spacial score (nSPS) is 27.0. The number of carbonyl (C=O) groups is 1. The van der Waals surface area contributed by atoms with E-state index in [1.807, 2.05) is 6.07 Å². The van der Waals surface area contributed by atoms with Crippen LogP contribution in [0.3, 0.4) is 0 Å². The number of rotatable bonds is 1. The van der Waals surface area contributed by atoms with Crippen LogP contribution in [0, 0.1) is 17.3 Å². The molecule has 4 aliphatic rings. The van der Waals surface area contributed by atoms with Crippen LogP contribution in [0.1, 0.15) is 30.9 Å². The monoisotopic (exact) mass is 358 g/mol. The highest BCUT2D eigenvalue weighted by Gasteiger charge is 2.58. The fraction of sp³-hybridized carbons (Fsp3) is 0.375. The van der Waals surface area contributed by atoms with Crippen molar-refractivity contribution in [2.45, 2.75) is 26.2 Å². The minimum absolute atomic E-state index is 0.00906. The molecule has 0 saturated heterocycles. The Bertz CT molecular complexity index is 1080. The molecular formula is C24H22O3. The Labute approximate surface area is 158 Å². The topological polar surface area (TPSA) is 35.5 Å². The number of hydrogen-bond acceptors (Lipinski definition) is 3. The summed E-state index contributed by atoms with van der Waals surface area (Å²) in [4.78, 5) is 12.4. The van der Waals surface area contributed by atoms with Crippen molar-refractivity contribution in [2.24, 2.45) is 17.3 Å². The van der Waals surface area contributed by atoms with Gasteiger partial charge in [0.25, 0.3) is 0 Å². The third-order valence-corrected chi connectivity index (χ3v) is 7.23. The molecule has 3 heteroatoms. The quantitative estimate of drug-likeness (QED) is 0.694. The molecule has 0 aromatic heterocycles. The van der Waals surface area contributed by atoms with Gasteiger partial charge >= 0.3 is 5.97 Å². The van der Waals surface area contributed by atoms with Crippen molar-refractivity contribution in [3.63, 3.8) is 0 Å². The zero-order chi connectivity index (χ0) is 18.3. The third-order valence-electron chi connectivity index (χ3n) is 7.23. The van der Waals surface area contributed by atoms with Gasteiger partial charge in [0.15, 0.2) is 0 Å². The molecule has 0 bridgehead atoms. The highest BCUT2D eigenvalue weighted by atomic mass is 16.5. The molecule has 1 fully saturated rings. The minimum Gasteiger partial charge on any atom is -0.497 e. The highest BCUT2D eigenvalue weighted by molar-refractivity contribution is 5.94. The zero-order valence-corrected chi connectivity index (χ0v) is 15.7. The lowest BCUT2D eigenvalue weighted by molar-refractivity contribution is -0.149. The molecule has 1 heterocycles. The van der Waals surface area contributed by atoms with Crippen LogP contribution in [0.15, 0.2) is 47.6 Å². The maximum atomic E-state index is 12.4. The van der Waals surface area contributed by atoms with Crippen LogP contribution in [-0.2, 0) is 16.0 Å². The van der Waals surface area contributed by atoms with Gasteiger partial charge in [-0.1, -0.05) is 25.1 Å². The molecule has 2 aromatic rings. The van der Waals surface area contributed by atoms with E-state index in [0.29, 0.717) is 18.4 Å². The summed E-state index contributed by atoms with van der Waals surface area (Å²) in [5.74, 6) is 1.80. The smallest absolute Gasteiger partial charge is 0.316 e. The summed E-state index contributed by atoms with van der Waals surface area (Å²) in [6, 6.07) is 10.9. The molecule has 1 saturated carbocycles. The van der Waals surface area contributed by atoms with E-state index in [1.54, 1.807) is 7.11 Å². The predicted octanol–water partition coefficient (Wildman–Crippen LogP) is 4.69. The van der Waals surface area contributed by atoms with Gasteiger partial charge in [-0.05, 0) is 87.9 Å². The molecule has 27 heavy (non-hydrogen) atoms. The summed E-state index contributed by atoms with van der Waals surface area (Å²) in [6.45, 7) is 2.80. The van der Waals surface area contributed by atoms with E-state index in [2.05, 4.69) is 37.3 Å². The van der Waals surface area contributed by atoms with Gasteiger partial charge < -0.3 is 9.47 Å². The number of methoxy groups -OCH3 is 1. The molecule has 0 radical (unpaired) electrons. The molecule has 2 aromatic carbocycles. The molecule has 2 unspecified atom stereocenters. The highest BCUT2D eigenvalue weighted by Crippen LogP contribution is 2.61. The molecule has 6 rings (SSSR count). The van der Waals surface area contributed by atoms with Gasteiger partial charge in [0.2, 0.25) is 0 Å². The first-order valence-corrected chi connectivity index (χ1v) is 9.84. The summed E-state index contributed by atoms with van der Waals surface area (Å²) in [5.41, 5.74) is 6.50. The van der Waals surface area contributed by atoms with Crippen molar-refractivity contribution in [1.82, 2.24) is 0 Å². The third kappa shape index (κ3) is 1.95. The van der Waals surface area contributed by atoms with E-state index in [-0.39, 0.29) is 11.4 Å². The Kier molecular flexibility index (Phi) is 2.89. The molecule has 1 spiro atoms. The van der Waals surface area contributed by atoms with Crippen molar-refractivity contribution in [3.8, 4) is 5.75 Å². The molecule has 2 atom stereocenters. The van der Waals surface area contributed by atoms with Gasteiger partial charge in [0.05, 0.1) is 12.5 Å². The van der Waals surface area contributed by atoms with Gasteiger partial charge in [-0.2, -0.15) is 0 Å². The summed E-state index contributed by atoms with van der Waals surface area (Å²) in [6.07, 6.45) is 5.30. The van der Waals surface area contributed by atoms with Crippen LogP contribution in [-0.4, -0.2) is 19.7 Å². The van der Waals surface area contributed by atoms with Gasteiger partial charge in [-0.15, -0.1) is 0 Å². The Morgan fingerprint density at radius 1 is 1.15 bits per heavy atom. The van der Waals surface area contributed by atoms with Crippen molar-refractivity contribution < 1.29 is 14.3 Å². The van der Waals surface area contributed by atoms with Crippen LogP contribution in [0.5, 0.6) is 5.75 Å². The van der Waals surface area contributed by atoms with Gasteiger partial charge in [-0.25, -0.2) is 0 Å². The largest absolute Gasteiger partial charge is 0.497 e. The van der Waals surface area contributed by atoms with Crippen LogP contribution in [0.4, 0.5) is 0 Å². The lowest BCUT2D eigenvalue weighted by atomic mass is 9.71. The van der Waals surface area contributed by atoms with Crippen LogP contribution < -0.4 is 4.74 Å². The molecule has 1 aliphatic heterocycles. The van der Waals surface area contributed by atoms with Crippen LogP contribution >= 0.6 is 0 Å². The van der Waals surface area contributed by atoms with E-state index in [1.165, 1.54) is 38.6 Å². The van der Waals surface area contributed by atoms with E-state index in [0.717, 1.165) is 25.0 Å². The lowest BCUT2D eigenvalue weighted by Crippen LogP contribution is -2.34. The first-order chi connectivity index (χ1) is 13.1. The first-order valence-electron chi connectivity index (χ1n) is 9.84. The Morgan fingerprint density at radius 3 is 2.78 bits per heavy atom. The van der Waals surface area contributed by atoms with E-state index < -0.39 is 0 Å². The molecule has 0 N–H and O–H groups in total. The molecule has 3 nitrogen and oxygen atoms in total. The number of allylic oxidation sites excluding steroid dienone is 2. The molecular weight excluding hydrogens is 336 g/mol. The second-order valence-electron chi connectivity index (χ2n) is 8.52. The average Bonchev–Trinajstić information content (AvgIpc) is 3.40. The van der Waals surface area contributed by atoms with E-state index >= 15 is 0 Å². The zero-order valence-electron chi connectivity index (χ0n) is 15.7. The summed E-state index contributed by atoms with van der Waals surface area (Å²) < 4.78 is 11.0. The Morgan fingerprint density at radius 2 is 2.00 bits per heavy atom. The second-order valence-corrected chi connectivity index (χ2v) is 8.52. The standard InChI is InChI=1S/C24H22O3/c1-13-18-10-16-7-14-3-4-17(26-2)8-15(14)9-19(16)20(18)11-22-21(13)12-27-23(25)24(22)5-6-24/h3-4,7-9,11,13,18H,5-6,10,12H2,1-2H3. The number of esters is 1. The first kappa shape index (κ1) is 15.5. The van der Waals surface area contributed by atoms with Crippen molar-refractivity contribution in [1.29, 1.82) is 0 Å². The number of carbonyl (C=O) groups excluding carboxylic acids is 1. The summed E-state index contributed by atoms with van der Waals surface area (Å²) >= 11 is 0. The van der Waals surface area contributed by atoms with Gasteiger partial charge in [-0.3, -0.25) is 4.79 Å². The van der Waals surface area contributed by atoms with Crippen molar-refractivity contribution in [2.75, 3.05) is 13.7 Å². The fourth-order valence-electron chi connectivity index (χ4n) is 5.45. The Hall–Kier alpha value is -2.55. The number of cyclic esters (lactones) is 1. The Balaban J connectivity index is 1.54. The van der Waals surface area contributed by atoms with E-state index in [4.69, 9.17) is 9.47 Å². The molecule has 3 aliphatic carbocycles. The van der Waals surface area contributed by atoms with Crippen molar-refractivity contribution in [3.05, 3.63) is 58.7 Å². The SMILES string of the molecule is COc1ccc2cc3c(cc2c1)C1=CC2=C(COC(=O)C24CC4)C(C)C1C3. The molecule has 0 amide bonds. The number of ether oxygens (including phenoxy) is 2. The van der Waals surface area contributed by atoms with E-state index in [9.17, 15) is 4.79 Å². The number of hydrogen-bond donors (Lipinski definition) is 0. The average molecular weight is 358 g/mol. The summed E-state index contributed by atoms with van der Waals surface area (Å²) in [5, 5.41) is 2.47. The predicted molar refractivity (Wildman–Crippen MR) is 104 cm³/mol. The number of benzene rings is 2. The van der Waals surface area contributed by atoms with Crippen LogP contribution in [0.2, 0.25) is 0 Å². The second kappa shape index (κ2) is 5.03. The maximum Gasteiger partial charge on any atom is 0.316 e. The van der Waals surface area contributed by atoms with Crippen LogP contribution in [0.25, 0.3) is 16.3 Å². The lowest BCUT2D eigenvalue weighted by Gasteiger charge is -2.36.